The molecule has 0 saturated carbocycles. The molecule has 2 heterocycles. The first-order valence-corrected chi connectivity index (χ1v) is 18.9. The van der Waals surface area contributed by atoms with Gasteiger partial charge in [-0.05, 0) is 130 Å². The molecule has 0 aliphatic rings. The Morgan fingerprint density at radius 3 is 1.78 bits per heavy atom. The Hall–Kier alpha value is -6.71. The smallest absolute Gasteiger partial charge is 0.0541 e. The van der Waals surface area contributed by atoms with Crippen LogP contribution in [0.2, 0.25) is 0 Å². The second-order valence-corrected chi connectivity index (χ2v) is 13.8. The van der Waals surface area contributed by atoms with Crippen LogP contribution in [-0.2, 0) is 12.8 Å². The SMILES string of the molecule is CCc1ccccc1-c1ccc(N(c2ccc(-c3cccnc3)cc2)c2ccc(-c3ccc4c(c3)c3ccccc3n4-c3ccccc3)cc2)cc1CC. The second-order valence-electron chi connectivity index (χ2n) is 13.8. The quantitative estimate of drug-likeness (QED) is 0.150. The largest absolute Gasteiger partial charge is 0.310 e. The third-order valence-corrected chi connectivity index (χ3v) is 10.7. The van der Waals surface area contributed by atoms with Crippen LogP contribution < -0.4 is 4.90 Å². The van der Waals surface area contributed by atoms with Crippen molar-refractivity contribution in [1.29, 1.82) is 0 Å². The van der Waals surface area contributed by atoms with Crippen molar-refractivity contribution in [1.82, 2.24) is 9.55 Å². The van der Waals surface area contributed by atoms with Crippen LogP contribution in [0.15, 0.2) is 188 Å². The fourth-order valence-electron chi connectivity index (χ4n) is 7.96. The summed E-state index contributed by atoms with van der Waals surface area (Å²) >= 11 is 0. The zero-order chi connectivity index (χ0) is 36.4. The third-order valence-electron chi connectivity index (χ3n) is 10.7. The van der Waals surface area contributed by atoms with Crippen LogP contribution in [0.3, 0.4) is 0 Å². The van der Waals surface area contributed by atoms with Crippen LogP contribution in [-0.4, -0.2) is 9.55 Å². The molecular formula is C51H41N3. The Labute approximate surface area is 317 Å². The Morgan fingerprint density at radius 2 is 1.06 bits per heavy atom. The molecule has 3 heteroatoms. The molecule has 0 fully saturated rings. The van der Waals surface area contributed by atoms with Gasteiger partial charge in [0.25, 0.3) is 0 Å². The molecule has 0 bridgehead atoms. The molecule has 7 aromatic carbocycles. The fraction of sp³-hybridized carbons (Fsp3) is 0.0784. The average Bonchev–Trinajstić information content (AvgIpc) is 3.58. The van der Waals surface area contributed by atoms with Crippen LogP contribution in [0.1, 0.15) is 25.0 Å². The van der Waals surface area contributed by atoms with Gasteiger partial charge >= 0.3 is 0 Å². The summed E-state index contributed by atoms with van der Waals surface area (Å²) in [4.78, 5) is 6.72. The first-order valence-electron chi connectivity index (χ1n) is 18.9. The highest BCUT2D eigenvalue weighted by Crippen LogP contribution is 2.40. The predicted molar refractivity (Wildman–Crippen MR) is 228 cm³/mol. The fourth-order valence-corrected chi connectivity index (χ4v) is 7.96. The summed E-state index contributed by atoms with van der Waals surface area (Å²) in [7, 11) is 0. The summed E-state index contributed by atoms with van der Waals surface area (Å²) in [6.07, 6.45) is 5.68. The standard InChI is InChI=1S/C51H41N3/c1-3-36-13-8-9-17-46(36)47-30-29-45(33-37(47)4-2)53(44-27-22-39(23-28-44)41-14-12-32-52-35-41)43-25-20-38(21-26-43)40-24-31-51-49(34-40)48-18-10-11-19-50(48)54(51)42-15-6-5-7-16-42/h5-35H,3-4H2,1-2H3. The van der Waals surface area contributed by atoms with Gasteiger partial charge in [-0.15, -0.1) is 0 Å². The highest BCUT2D eigenvalue weighted by Gasteiger charge is 2.18. The normalized spacial score (nSPS) is 11.3. The molecule has 260 valence electrons. The summed E-state index contributed by atoms with van der Waals surface area (Å²) in [5.41, 5.74) is 16.9. The van der Waals surface area contributed by atoms with Gasteiger partial charge in [-0.2, -0.15) is 0 Å². The molecule has 0 amide bonds. The maximum atomic E-state index is 4.35. The molecule has 0 aliphatic heterocycles. The maximum Gasteiger partial charge on any atom is 0.0541 e. The molecule has 0 saturated heterocycles. The number of hydrogen-bond donors (Lipinski definition) is 0. The zero-order valence-electron chi connectivity index (χ0n) is 30.7. The predicted octanol–water partition coefficient (Wildman–Crippen LogP) is 13.8. The number of fused-ring (bicyclic) bond motifs is 3. The minimum atomic E-state index is 0.942. The van der Waals surface area contributed by atoms with Crippen LogP contribution in [0, 0.1) is 0 Å². The molecule has 9 rings (SSSR count). The zero-order valence-corrected chi connectivity index (χ0v) is 30.7. The molecular weight excluding hydrogens is 655 g/mol. The van der Waals surface area contributed by atoms with Gasteiger partial charge in [-0.3, -0.25) is 4.98 Å². The van der Waals surface area contributed by atoms with E-state index >= 15 is 0 Å². The van der Waals surface area contributed by atoms with Gasteiger partial charge in [-0.1, -0.05) is 117 Å². The maximum absolute atomic E-state index is 4.35. The van der Waals surface area contributed by atoms with E-state index in [1.807, 2.05) is 18.5 Å². The number of pyridine rings is 1. The van der Waals surface area contributed by atoms with Gasteiger partial charge in [0, 0.05) is 45.9 Å². The van der Waals surface area contributed by atoms with E-state index < -0.39 is 0 Å². The van der Waals surface area contributed by atoms with Crippen LogP contribution >= 0.6 is 0 Å². The lowest BCUT2D eigenvalue weighted by atomic mass is 9.92. The van der Waals surface area contributed by atoms with Gasteiger partial charge in [-0.25, -0.2) is 0 Å². The van der Waals surface area contributed by atoms with E-state index in [0.717, 1.165) is 41.0 Å². The monoisotopic (exact) mass is 695 g/mol. The van der Waals surface area contributed by atoms with Crippen molar-refractivity contribution >= 4 is 38.9 Å². The number of hydrogen-bond acceptors (Lipinski definition) is 2. The number of aryl methyl sites for hydroxylation is 2. The molecule has 9 aromatic rings. The molecule has 0 spiro atoms. The highest BCUT2D eigenvalue weighted by atomic mass is 15.1. The first-order chi connectivity index (χ1) is 26.7. The molecule has 0 atom stereocenters. The topological polar surface area (TPSA) is 21.1 Å². The van der Waals surface area contributed by atoms with Crippen molar-refractivity contribution in [3.05, 3.63) is 199 Å². The van der Waals surface area contributed by atoms with Gasteiger partial charge in [0.2, 0.25) is 0 Å². The van der Waals surface area contributed by atoms with Gasteiger partial charge in [0.15, 0.2) is 0 Å². The first kappa shape index (κ1) is 33.1. The van der Waals surface area contributed by atoms with Crippen molar-refractivity contribution in [2.45, 2.75) is 26.7 Å². The summed E-state index contributed by atoms with van der Waals surface area (Å²) in [5, 5.41) is 2.51. The molecule has 0 radical (unpaired) electrons. The van der Waals surface area contributed by atoms with Crippen LogP contribution in [0.5, 0.6) is 0 Å². The Kier molecular flexibility index (Phi) is 8.82. The minimum absolute atomic E-state index is 0.942. The number of benzene rings is 7. The van der Waals surface area contributed by atoms with E-state index in [0.29, 0.717) is 0 Å². The van der Waals surface area contributed by atoms with Crippen molar-refractivity contribution in [2.24, 2.45) is 0 Å². The van der Waals surface area contributed by atoms with Gasteiger partial charge in [0.1, 0.15) is 0 Å². The summed E-state index contributed by atoms with van der Waals surface area (Å²) in [6.45, 7) is 4.49. The molecule has 0 N–H and O–H groups in total. The third kappa shape index (κ3) is 6.04. The number of para-hydroxylation sites is 2. The van der Waals surface area contributed by atoms with Gasteiger partial charge < -0.3 is 9.47 Å². The number of aromatic nitrogens is 2. The lowest BCUT2D eigenvalue weighted by Gasteiger charge is -2.27. The van der Waals surface area contributed by atoms with Crippen molar-refractivity contribution in [3.63, 3.8) is 0 Å². The van der Waals surface area contributed by atoms with Gasteiger partial charge in [0.05, 0.1) is 11.0 Å². The molecule has 54 heavy (non-hydrogen) atoms. The molecule has 0 aliphatic carbocycles. The van der Waals surface area contributed by atoms with Crippen LogP contribution in [0.25, 0.3) is 60.9 Å². The van der Waals surface area contributed by atoms with Crippen LogP contribution in [0.4, 0.5) is 17.1 Å². The summed E-state index contributed by atoms with van der Waals surface area (Å²) < 4.78 is 2.37. The highest BCUT2D eigenvalue weighted by molar-refractivity contribution is 6.10. The van der Waals surface area contributed by atoms with E-state index in [2.05, 4.69) is 198 Å². The molecule has 2 aromatic heterocycles. The Morgan fingerprint density at radius 1 is 0.444 bits per heavy atom. The Bertz CT molecular complexity index is 2710. The number of rotatable bonds is 9. The van der Waals surface area contributed by atoms with Crippen molar-refractivity contribution in [2.75, 3.05) is 4.90 Å². The minimum Gasteiger partial charge on any atom is -0.310 e. The molecule has 3 nitrogen and oxygen atoms in total. The number of anilines is 3. The lowest BCUT2D eigenvalue weighted by molar-refractivity contribution is 1.11. The lowest BCUT2D eigenvalue weighted by Crippen LogP contribution is -2.10. The summed E-state index contributed by atoms with van der Waals surface area (Å²) in [5.74, 6) is 0. The van der Waals surface area contributed by atoms with E-state index in [-0.39, 0.29) is 0 Å². The van der Waals surface area contributed by atoms with E-state index in [1.54, 1.807) is 0 Å². The average molecular weight is 696 g/mol. The number of nitrogens with zero attached hydrogens (tertiary/aromatic N) is 3. The van der Waals surface area contributed by atoms with Crippen molar-refractivity contribution in [3.8, 4) is 39.1 Å². The summed E-state index contributed by atoms with van der Waals surface area (Å²) in [6, 6.07) is 64.0. The Balaban J connectivity index is 1.13. The second kappa shape index (κ2) is 14.4. The van der Waals surface area contributed by atoms with E-state index in [4.69, 9.17) is 0 Å². The van der Waals surface area contributed by atoms with E-state index in [9.17, 15) is 0 Å². The van der Waals surface area contributed by atoms with Crippen molar-refractivity contribution < 1.29 is 0 Å². The molecule has 0 unspecified atom stereocenters. The van der Waals surface area contributed by atoms with E-state index in [1.165, 1.54) is 60.9 Å².